The molecular weight excluding hydrogens is 355 g/mol. The van der Waals surface area contributed by atoms with E-state index in [1.165, 1.54) is 65.1 Å². The molecule has 0 saturated heterocycles. The Labute approximate surface area is 159 Å². The number of rotatable bonds is 6. The molecule has 0 aliphatic carbocycles. The average molecular weight is 381 g/mol. The topological polar surface area (TPSA) is 0 Å². The molecule has 0 N–H and O–H groups in total. The Morgan fingerprint density at radius 2 is 1.65 bits per heavy atom. The first-order valence-corrected chi connectivity index (χ1v) is 8.59. The Hall–Kier alpha value is -1.07. The van der Waals surface area contributed by atoms with E-state index in [0.717, 1.165) is 0 Å². The molecule has 0 aliphatic heterocycles. The van der Waals surface area contributed by atoms with E-state index in [9.17, 15) is 0 Å². The number of hydrogen-bond donors (Lipinski definition) is 0. The molecule has 3 aromatic carbocycles. The van der Waals surface area contributed by atoms with Gasteiger partial charge in [-0.1, -0.05) is 62.6 Å². The zero-order chi connectivity index (χ0) is 15.4. The van der Waals surface area contributed by atoms with Gasteiger partial charge in [-0.25, -0.2) is 0 Å². The van der Waals surface area contributed by atoms with Crippen LogP contribution in [-0.2, 0) is 39.0 Å². The number of hydrogen-bond acceptors (Lipinski definition) is 0. The molecular formula is C22H25Zr-. The summed E-state index contributed by atoms with van der Waals surface area (Å²) in [5, 5.41) is 2.77. The third-order valence-electron chi connectivity index (χ3n) is 4.43. The summed E-state index contributed by atoms with van der Waals surface area (Å²) in [6, 6.07) is 20.5. The standard InChI is InChI=1S/C22H25.Zr/c1-3-5-8-17-11-13-19(14-12-17)21-10-6-9-20-15-18(7-4-2)16-22(20)21;/h6,9-16H,3-5,7-8H2,1-2H3;/q-1;. The van der Waals surface area contributed by atoms with Gasteiger partial charge in [-0.3, -0.25) is 0 Å². The molecule has 3 aromatic rings. The van der Waals surface area contributed by atoms with Gasteiger partial charge in [0.15, 0.2) is 0 Å². The summed E-state index contributed by atoms with van der Waals surface area (Å²) < 4.78 is 0. The average Bonchev–Trinajstić information content (AvgIpc) is 2.96. The van der Waals surface area contributed by atoms with Gasteiger partial charge in [-0.15, -0.1) is 34.5 Å². The minimum atomic E-state index is 0. The first-order valence-electron chi connectivity index (χ1n) is 8.59. The fourth-order valence-corrected chi connectivity index (χ4v) is 3.21. The molecule has 0 aromatic heterocycles. The Balaban J connectivity index is 0.00000192. The van der Waals surface area contributed by atoms with Crippen LogP contribution in [0.1, 0.15) is 44.2 Å². The van der Waals surface area contributed by atoms with E-state index in [1.807, 2.05) is 0 Å². The van der Waals surface area contributed by atoms with Crippen molar-refractivity contribution >= 4 is 10.8 Å². The molecule has 23 heavy (non-hydrogen) atoms. The van der Waals surface area contributed by atoms with Crippen LogP contribution in [-0.4, -0.2) is 0 Å². The van der Waals surface area contributed by atoms with Gasteiger partial charge < -0.3 is 0 Å². The van der Waals surface area contributed by atoms with E-state index >= 15 is 0 Å². The SMILES string of the molecule is CCCCc1ccc(-c2cccc3[cH-]c(CCC)cc23)cc1.[Zr]. The quantitative estimate of drug-likeness (QED) is 0.427. The minimum absolute atomic E-state index is 0. The zero-order valence-corrected chi connectivity index (χ0v) is 16.7. The minimum Gasteiger partial charge on any atom is -0.164 e. The van der Waals surface area contributed by atoms with Crippen LogP contribution in [0, 0.1) is 0 Å². The third kappa shape index (κ3) is 4.27. The van der Waals surface area contributed by atoms with Gasteiger partial charge in [0, 0.05) is 26.2 Å². The van der Waals surface area contributed by atoms with Gasteiger partial charge in [0.2, 0.25) is 0 Å². The number of benzene rings is 2. The molecule has 0 amide bonds. The monoisotopic (exact) mass is 379 g/mol. The maximum absolute atomic E-state index is 2.37. The first-order chi connectivity index (χ1) is 10.8. The summed E-state index contributed by atoms with van der Waals surface area (Å²) in [7, 11) is 0. The third-order valence-corrected chi connectivity index (χ3v) is 4.43. The zero-order valence-electron chi connectivity index (χ0n) is 14.2. The van der Waals surface area contributed by atoms with Crippen molar-refractivity contribution in [2.45, 2.75) is 46.0 Å². The van der Waals surface area contributed by atoms with Crippen molar-refractivity contribution in [2.75, 3.05) is 0 Å². The van der Waals surface area contributed by atoms with Gasteiger partial charge >= 0.3 is 0 Å². The Morgan fingerprint density at radius 1 is 0.870 bits per heavy atom. The summed E-state index contributed by atoms with van der Waals surface area (Å²) in [5.74, 6) is 0. The van der Waals surface area contributed by atoms with Gasteiger partial charge in [0.05, 0.1) is 0 Å². The fourth-order valence-electron chi connectivity index (χ4n) is 3.21. The smallest absolute Gasteiger partial charge is 0 e. The number of unbranched alkanes of at least 4 members (excludes halogenated alkanes) is 1. The molecule has 0 bridgehead atoms. The van der Waals surface area contributed by atoms with Gasteiger partial charge in [-0.2, -0.15) is 6.07 Å². The van der Waals surface area contributed by atoms with Gasteiger partial charge in [0.1, 0.15) is 0 Å². The van der Waals surface area contributed by atoms with Crippen LogP contribution in [0.15, 0.2) is 54.6 Å². The molecule has 0 heterocycles. The van der Waals surface area contributed by atoms with Crippen molar-refractivity contribution in [1.29, 1.82) is 0 Å². The number of aryl methyl sites for hydroxylation is 2. The van der Waals surface area contributed by atoms with Crippen LogP contribution in [0.2, 0.25) is 0 Å². The van der Waals surface area contributed by atoms with Crippen LogP contribution in [0.3, 0.4) is 0 Å². The van der Waals surface area contributed by atoms with Crippen molar-refractivity contribution in [3.05, 3.63) is 65.7 Å². The van der Waals surface area contributed by atoms with E-state index < -0.39 is 0 Å². The predicted octanol–water partition coefficient (Wildman–Crippen LogP) is 6.52. The Kier molecular flexibility index (Phi) is 6.91. The molecule has 0 radical (unpaired) electrons. The maximum atomic E-state index is 2.37. The molecule has 0 nitrogen and oxygen atoms in total. The second-order valence-electron chi connectivity index (χ2n) is 6.22. The van der Waals surface area contributed by atoms with Crippen LogP contribution in [0.5, 0.6) is 0 Å². The largest absolute Gasteiger partial charge is 0.164 e. The van der Waals surface area contributed by atoms with Crippen molar-refractivity contribution in [3.63, 3.8) is 0 Å². The van der Waals surface area contributed by atoms with E-state index in [-0.39, 0.29) is 26.2 Å². The summed E-state index contributed by atoms with van der Waals surface area (Å²) in [6.07, 6.45) is 6.10. The molecule has 0 saturated carbocycles. The molecule has 118 valence electrons. The van der Waals surface area contributed by atoms with Gasteiger partial charge in [0.25, 0.3) is 0 Å². The summed E-state index contributed by atoms with van der Waals surface area (Å²) in [4.78, 5) is 0. The molecule has 0 atom stereocenters. The van der Waals surface area contributed by atoms with E-state index in [0.29, 0.717) is 0 Å². The number of fused-ring (bicyclic) bond motifs is 1. The van der Waals surface area contributed by atoms with Crippen LogP contribution < -0.4 is 0 Å². The molecule has 0 unspecified atom stereocenters. The van der Waals surface area contributed by atoms with Crippen molar-refractivity contribution in [1.82, 2.24) is 0 Å². The summed E-state index contributed by atoms with van der Waals surface area (Å²) in [6.45, 7) is 4.49. The van der Waals surface area contributed by atoms with Crippen molar-refractivity contribution < 1.29 is 26.2 Å². The summed E-state index contributed by atoms with van der Waals surface area (Å²) in [5.41, 5.74) is 5.61. The molecule has 3 rings (SSSR count). The van der Waals surface area contributed by atoms with Crippen molar-refractivity contribution in [3.8, 4) is 11.1 Å². The second-order valence-corrected chi connectivity index (χ2v) is 6.22. The van der Waals surface area contributed by atoms with Crippen LogP contribution in [0.25, 0.3) is 21.9 Å². The fraction of sp³-hybridized carbons (Fsp3) is 0.318. The summed E-state index contributed by atoms with van der Waals surface area (Å²) >= 11 is 0. The predicted molar refractivity (Wildman–Crippen MR) is 97.6 cm³/mol. The van der Waals surface area contributed by atoms with Crippen LogP contribution >= 0.6 is 0 Å². The van der Waals surface area contributed by atoms with E-state index in [2.05, 4.69) is 68.4 Å². The Bertz CT molecular complexity index is 734. The van der Waals surface area contributed by atoms with Crippen molar-refractivity contribution in [2.24, 2.45) is 0 Å². The molecule has 1 heteroatoms. The normalized spacial score (nSPS) is 10.7. The second kappa shape index (κ2) is 8.69. The van der Waals surface area contributed by atoms with Gasteiger partial charge in [-0.05, 0) is 30.4 Å². The molecule has 0 spiro atoms. The van der Waals surface area contributed by atoms with E-state index in [4.69, 9.17) is 0 Å². The molecule has 0 fully saturated rings. The molecule has 0 aliphatic rings. The first kappa shape index (κ1) is 18.3. The van der Waals surface area contributed by atoms with E-state index in [1.54, 1.807) is 0 Å². The maximum Gasteiger partial charge on any atom is 0 e. The Morgan fingerprint density at radius 3 is 2.35 bits per heavy atom. The van der Waals surface area contributed by atoms with Crippen LogP contribution in [0.4, 0.5) is 0 Å².